The van der Waals surface area contributed by atoms with Crippen LogP contribution in [-0.2, 0) is 6.54 Å². The summed E-state index contributed by atoms with van der Waals surface area (Å²) in [5.74, 6) is 0. The summed E-state index contributed by atoms with van der Waals surface area (Å²) in [6.07, 6.45) is 1.81. The van der Waals surface area contributed by atoms with E-state index in [1.807, 2.05) is 43.9 Å². The van der Waals surface area contributed by atoms with E-state index in [0.717, 1.165) is 27.9 Å². The van der Waals surface area contributed by atoms with Crippen LogP contribution in [0.25, 0.3) is 0 Å². The average molecular weight is 268 g/mol. The molecule has 2 rings (SSSR count). The largest absolute Gasteiger partial charge is 0.377 e. The quantitative estimate of drug-likeness (QED) is 0.919. The van der Waals surface area contributed by atoms with Crippen molar-refractivity contribution in [2.75, 3.05) is 24.3 Å². The molecule has 3 nitrogen and oxygen atoms in total. The van der Waals surface area contributed by atoms with Gasteiger partial charge in [0.05, 0.1) is 17.9 Å². The van der Waals surface area contributed by atoms with E-state index >= 15 is 0 Å². The molecule has 1 aromatic heterocycles. The Balaban J connectivity index is 2.16. The Morgan fingerprint density at radius 1 is 1.41 bits per heavy atom. The minimum Gasteiger partial charge on any atom is -0.377 e. The predicted molar refractivity (Wildman–Crippen MR) is 75.2 cm³/mol. The summed E-state index contributed by atoms with van der Waals surface area (Å²) in [6, 6.07) is 5.84. The topological polar surface area (TPSA) is 28.2 Å². The maximum atomic E-state index is 6.01. The first-order chi connectivity index (χ1) is 8.16. The first kappa shape index (κ1) is 12.2. The Kier molecular flexibility index (Phi) is 3.86. The minimum absolute atomic E-state index is 0.721. The third kappa shape index (κ3) is 3.11. The number of rotatable bonds is 4. The summed E-state index contributed by atoms with van der Waals surface area (Å²) in [6.45, 7) is 0.721. The Bertz CT molecular complexity index is 483. The maximum Gasteiger partial charge on any atom is 0.112 e. The summed E-state index contributed by atoms with van der Waals surface area (Å²) in [4.78, 5) is 6.29. The number of aromatic nitrogens is 1. The van der Waals surface area contributed by atoms with Crippen molar-refractivity contribution < 1.29 is 0 Å². The van der Waals surface area contributed by atoms with Crippen molar-refractivity contribution in [2.45, 2.75) is 6.54 Å². The lowest BCUT2D eigenvalue weighted by Gasteiger charge is -2.18. The van der Waals surface area contributed by atoms with E-state index in [-0.39, 0.29) is 0 Å². The van der Waals surface area contributed by atoms with Gasteiger partial charge in [-0.1, -0.05) is 11.6 Å². The molecule has 1 aromatic carbocycles. The highest BCUT2D eigenvalue weighted by atomic mass is 35.5. The second-order valence-electron chi connectivity index (χ2n) is 3.84. The molecule has 0 aliphatic rings. The van der Waals surface area contributed by atoms with Crippen molar-refractivity contribution in [3.63, 3.8) is 0 Å². The van der Waals surface area contributed by atoms with Crippen molar-refractivity contribution >= 4 is 34.3 Å². The van der Waals surface area contributed by atoms with Gasteiger partial charge in [-0.25, -0.2) is 4.98 Å². The second kappa shape index (κ2) is 5.38. The van der Waals surface area contributed by atoms with Crippen LogP contribution < -0.4 is 10.2 Å². The van der Waals surface area contributed by atoms with Crippen molar-refractivity contribution in [1.29, 1.82) is 0 Å². The summed E-state index contributed by atoms with van der Waals surface area (Å²) in [5.41, 5.74) is 2.14. The Hall–Kier alpha value is -1.26. The van der Waals surface area contributed by atoms with E-state index < -0.39 is 0 Å². The Labute approximate surface area is 110 Å². The molecular formula is C12H14ClN3S. The van der Waals surface area contributed by atoms with Gasteiger partial charge < -0.3 is 10.2 Å². The van der Waals surface area contributed by atoms with Crippen LogP contribution in [0.15, 0.2) is 29.8 Å². The van der Waals surface area contributed by atoms with Gasteiger partial charge in [0.15, 0.2) is 0 Å². The Morgan fingerprint density at radius 2 is 2.24 bits per heavy atom. The molecule has 17 heavy (non-hydrogen) atoms. The van der Waals surface area contributed by atoms with E-state index in [1.54, 1.807) is 11.3 Å². The summed E-state index contributed by atoms with van der Waals surface area (Å²) >= 11 is 7.65. The fraction of sp³-hybridized carbons (Fsp3) is 0.250. The van der Waals surface area contributed by atoms with E-state index in [0.29, 0.717) is 0 Å². The molecular weight excluding hydrogens is 254 g/mol. The predicted octanol–water partition coefficient (Wildman–Crippen LogP) is 3.47. The van der Waals surface area contributed by atoms with E-state index in [4.69, 9.17) is 11.6 Å². The summed E-state index contributed by atoms with van der Waals surface area (Å²) in [5, 5.41) is 7.13. The van der Waals surface area contributed by atoms with Gasteiger partial charge in [0.25, 0.3) is 0 Å². The van der Waals surface area contributed by atoms with E-state index in [9.17, 15) is 0 Å². The van der Waals surface area contributed by atoms with Gasteiger partial charge in [0.1, 0.15) is 5.01 Å². The van der Waals surface area contributed by atoms with Gasteiger partial charge in [-0.15, -0.1) is 11.3 Å². The van der Waals surface area contributed by atoms with Crippen molar-refractivity contribution in [1.82, 2.24) is 4.98 Å². The normalized spacial score (nSPS) is 10.3. The van der Waals surface area contributed by atoms with Crippen LogP contribution in [0.3, 0.4) is 0 Å². The molecule has 0 fully saturated rings. The highest BCUT2D eigenvalue weighted by Gasteiger charge is 2.05. The van der Waals surface area contributed by atoms with Crippen LogP contribution in [0.5, 0.6) is 0 Å². The van der Waals surface area contributed by atoms with Crippen LogP contribution in [0, 0.1) is 0 Å². The molecule has 1 N–H and O–H groups in total. The minimum atomic E-state index is 0.721. The van der Waals surface area contributed by atoms with Crippen molar-refractivity contribution in [2.24, 2.45) is 0 Å². The summed E-state index contributed by atoms with van der Waals surface area (Å²) in [7, 11) is 4.02. The van der Waals surface area contributed by atoms with Gasteiger partial charge >= 0.3 is 0 Å². The van der Waals surface area contributed by atoms with Crippen molar-refractivity contribution in [3.8, 4) is 0 Å². The van der Waals surface area contributed by atoms with Crippen molar-refractivity contribution in [3.05, 3.63) is 39.8 Å². The lowest BCUT2D eigenvalue weighted by atomic mass is 10.2. The van der Waals surface area contributed by atoms with Crippen LogP contribution in [0.2, 0.25) is 5.02 Å². The maximum absolute atomic E-state index is 6.01. The SMILES string of the molecule is CN(C)c1ccc(Cl)cc1NCc1nccs1. The molecule has 0 aliphatic carbocycles. The number of halogens is 1. The molecule has 0 amide bonds. The smallest absolute Gasteiger partial charge is 0.112 e. The molecule has 0 radical (unpaired) electrons. The second-order valence-corrected chi connectivity index (χ2v) is 5.25. The van der Waals surface area contributed by atoms with Gasteiger partial charge in [-0.2, -0.15) is 0 Å². The number of benzene rings is 1. The molecule has 5 heteroatoms. The third-order valence-corrected chi connectivity index (χ3v) is 3.37. The Morgan fingerprint density at radius 3 is 2.88 bits per heavy atom. The average Bonchev–Trinajstić information content (AvgIpc) is 2.78. The molecule has 0 saturated heterocycles. The first-order valence-corrected chi connectivity index (χ1v) is 6.51. The molecule has 1 heterocycles. The van der Waals surface area contributed by atoms with Gasteiger partial charge in [0.2, 0.25) is 0 Å². The van der Waals surface area contributed by atoms with Gasteiger partial charge in [0, 0.05) is 30.7 Å². The number of anilines is 2. The first-order valence-electron chi connectivity index (χ1n) is 5.26. The zero-order valence-electron chi connectivity index (χ0n) is 9.77. The lowest BCUT2D eigenvalue weighted by Crippen LogP contribution is -2.12. The van der Waals surface area contributed by atoms with Gasteiger partial charge in [-0.05, 0) is 18.2 Å². The van der Waals surface area contributed by atoms with Crippen LogP contribution in [0.1, 0.15) is 5.01 Å². The number of nitrogens with zero attached hydrogens (tertiary/aromatic N) is 2. The monoisotopic (exact) mass is 267 g/mol. The number of hydrogen-bond donors (Lipinski definition) is 1. The molecule has 0 atom stereocenters. The molecule has 90 valence electrons. The molecule has 0 unspecified atom stereocenters. The molecule has 2 aromatic rings. The molecule has 0 spiro atoms. The molecule has 0 saturated carbocycles. The zero-order valence-corrected chi connectivity index (χ0v) is 11.3. The molecule has 0 aliphatic heterocycles. The molecule has 0 bridgehead atoms. The van der Waals surface area contributed by atoms with Gasteiger partial charge in [-0.3, -0.25) is 0 Å². The lowest BCUT2D eigenvalue weighted by molar-refractivity contribution is 1.08. The highest BCUT2D eigenvalue weighted by Crippen LogP contribution is 2.28. The standard InChI is InChI=1S/C12H14ClN3S/c1-16(2)11-4-3-9(13)7-10(11)15-8-12-14-5-6-17-12/h3-7,15H,8H2,1-2H3. The summed E-state index contributed by atoms with van der Waals surface area (Å²) < 4.78 is 0. The third-order valence-electron chi connectivity index (χ3n) is 2.35. The fourth-order valence-electron chi connectivity index (χ4n) is 1.55. The number of thiazole rings is 1. The van der Waals surface area contributed by atoms with Crippen LogP contribution >= 0.6 is 22.9 Å². The van der Waals surface area contributed by atoms with Crippen LogP contribution in [-0.4, -0.2) is 19.1 Å². The van der Waals surface area contributed by atoms with E-state index in [1.165, 1.54) is 0 Å². The fourth-order valence-corrected chi connectivity index (χ4v) is 2.28. The van der Waals surface area contributed by atoms with E-state index in [2.05, 4.69) is 15.2 Å². The number of nitrogens with one attached hydrogen (secondary N) is 1. The highest BCUT2D eigenvalue weighted by molar-refractivity contribution is 7.09. The zero-order chi connectivity index (χ0) is 12.3. The number of hydrogen-bond acceptors (Lipinski definition) is 4. The van der Waals surface area contributed by atoms with Crippen LogP contribution in [0.4, 0.5) is 11.4 Å².